The van der Waals surface area contributed by atoms with Gasteiger partial charge in [0.1, 0.15) is 11.6 Å². The number of anilines is 1. The second-order valence-corrected chi connectivity index (χ2v) is 4.23. The van der Waals surface area contributed by atoms with E-state index in [1.807, 2.05) is 13.8 Å². The van der Waals surface area contributed by atoms with Gasteiger partial charge in [0, 0.05) is 19.6 Å². The van der Waals surface area contributed by atoms with E-state index in [-0.39, 0.29) is 6.10 Å². The molecule has 0 aromatic carbocycles. The van der Waals surface area contributed by atoms with Crippen LogP contribution < -0.4 is 10.6 Å². The number of aliphatic hydroxyl groups is 1. The van der Waals surface area contributed by atoms with Crippen LogP contribution in [0.2, 0.25) is 0 Å². The number of nitrogens with one attached hydrogen (secondary N) is 2. The lowest BCUT2D eigenvalue weighted by atomic mass is 10.1. The summed E-state index contributed by atoms with van der Waals surface area (Å²) in [5, 5.41) is 32.3. The fraction of sp³-hybridized carbons (Fsp3) is 0.583. The molecular weight excluding hydrogens is 230 g/mol. The molecule has 0 saturated carbocycles. The summed E-state index contributed by atoms with van der Waals surface area (Å²) in [7, 11) is 0. The van der Waals surface area contributed by atoms with Gasteiger partial charge < -0.3 is 15.7 Å². The fourth-order valence-corrected chi connectivity index (χ4v) is 1.45. The van der Waals surface area contributed by atoms with Crippen LogP contribution in [0.25, 0.3) is 0 Å². The van der Waals surface area contributed by atoms with Gasteiger partial charge in [-0.25, -0.2) is 0 Å². The van der Waals surface area contributed by atoms with Gasteiger partial charge in [-0.2, -0.15) is 10.4 Å². The number of aryl methyl sites for hydroxylation is 1. The van der Waals surface area contributed by atoms with Crippen molar-refractivity contribution in [2.24, 2.45) is 0 Å². The molecule has 98 valence electrons. The maximum absolute atomic E-state index is 9.09. The fourth-order valence-electron chi connectivity index (χ4n) is 1.45. The molecule has 0 amide bonds. The number of aromatic nitrogens is 2. The molecule has 6 heteroatoms. The smallest absolute Gasteiger partial charge is 0.166 e. The maximum atomic E-state index is 9.09. The van der Waals surface area contributed by atoms with Crippen LogP contribution in [0.3, 0.4) is 0 Å². The second-order valence-electron chi connectivity index (χ2n) is 4.23. The summed E-state index contributed by atoms with van der Waals surface area (Å²) in [5.41, 5.74) is 2.16. The van der Waals surface area contributed by atoms with Crippen molar-refractivity contribution in [1.82, 2.24) is 15.5 Å². The number of hydrogen-bond donors (Lipinski definition) is 3. The zero-order valence-corrected chi connectivity index (χ0v) is 11.0. The molecule has 0 radical (unpaired) electrons. The zero-order chi connectivity index (χ0) is 13.5. The first kappa shape index (κ1) is 14.4. The van der Waals surface area contributed by atoms with Gasteiger partial charge in [-0.3, -0.25) is 0 Å². The molecular formula is C12H19N5O. The Morgan fingerprint density at radius 2 is 2.06 bits per heavy atom. The minimum absolute atomic E-state index is 0.360. The number of aliphatic hydroxyl groups excluding tert-OH is 1. The molecule has 0 fully saturated rings. The Hall–Kier alpha value is -1.71. The molecule has 1 heterocycles. The molecule has 1 rings (SSSR count). The standard InChI is InChI=1S/C12H19N5O/c1-8(18)7-14-4-5-15-12-11(6-13)9(2)10(3)16-17-12/h8,14,18H,4-5,7H2,1-3H3,(H,15,17). The molecule has 0 bridgehead atoms. The van der Waals surface area contributed by atoms with Crippen molar-refractivity contribution in [3.05, 3.63) is 16.8 Å². The van der Waals surface area contributed by atoms with E-state index in [0.717, 1.165) is 11.3 Å². The second kappa shape index (κ2) is 6.89. The monoisotopic (exact) mass is 249 g/mol. The zero-order valence-electron chi connectivity index (χ0n) is 11.0. The van der Waals surface area contributed by atoms with Crippen LogP contribution in [0, 0.1) is 25.2 Å². The topological polar surface area (TPSA) is 93.9 Å². The van der Waals surface area contributed by atoms with Crippen molar-refractivity contribution in [2.45, 2.75) is 26.9 Å². The van der Waals surface area contributed by atoms with Gasteiger partial charge >= 0.3 is 0 Å². The molecule has 3 N–H and O–H groups in total. The number of nitriles is 1. The highest BCUT2D eigenvalue weighted by Crippen LogP contribution is 2.16. The molecule has 1 atom stereocenters. The first-order valence-corrected chi connectivity index (χ1v) is 5.93. The summed E-state index contributed by atoms with van der Waals surface area (Å²) >= 11 is 0. The Morgan fingerprint density at radius 1 is 1.33 bits per heavy atom. The first-order valence-electron chi connectivity index (χ1n) is 5.93. The highest BCUT2D eigenvalue weighted by molar-refractivity contribution is 5.55. The molecule has 0 aliphatic carbocycles. The van der Waals surface area contributed by atoms with Crippen LogP contribution in [-0.2, 0) is 0 Å². The molecule has 0 aliphatic heterocycles. The third-order valence-corrected chi connectivity index (χ3v) is 2.60. The normalized spacial score (nSPS) is 11.9. The van der Waals surface area contributed by atoms with Crippen LogP contribution in [0.5, 0.6) is 0 Å². The van der Waals surface area contributed by atoms with Gasteiger partial charge in [0.15, 0.2) is 5.82 Å². The van der Waals surface area contributed by atoms with E-state index in [1.165, 1.54) is 0 Å². The Labute approximate surface area is 107 Å². The minimum Gasteiger partial charge on any atom is -0.392 e. The third kappa shape index (κ3) is 3.95. The van der Waals surface area contributed by atoms with Crippen LogP contribution >= 0.6 is 0 Å². The Balaban J connectivity index is 2.53. The largest absolute Gasteiger partial charge is 0.392 e. The molecule has 1 aromatic rings. The Morgan fingerprint density at radius 3 is 2.67 bits per heavy atom. The quantitative estimate of drug-likeness (QED) is 0.630. The van der Waals surface area contributed by atoms with E-state index >= 15 is 0 Å². The lowest BCUT2D eigenvalue weighted by molar-refractivity contribution is 0.192. The van der Waals surface area contributed by atoms with Gasteiger partial charge in [-0.05, 0) is 26.3 Å². The van der Waals surface area contributed by atoms with Gasteiger partial charge in [0.05, 0.1) is 11.8 Å². The van der Waals surface area contributed by atoms with E-state index in [4.69, 9.17) is 10.4 Å². The van der Waals surface area contributed by atoms with E-state index in [1.54, 1.807) is 6.92 Å². The van der Waals surface area contributed by atoms with Crippen molar-refractivity contribution in [3.8, 4) is 6.07 Å². The Bertz CT molecular complexity index is 439. The summed E-state index contributed by atoms with van der Waals surface area (Å²) in [6.07, 6.45) is -0.360. The van der Waals surface area contributed by atoms with Gasteiger partial charge in [-0.15, -0.1) is 5.10 Å². The number of hydrogen-bond acceptors (Lipinski definition) is 6. The molecule has 6 nitrogen and oxygen atoms in total. The van der Waals surface area contributed by atoms with Crippen molar-refractivity contribution >= 4 is 5.82 Å². The predicted molar refractivity (Wildman–Crippen MR) is 69.3 cm³/mol. The highest BCUT2D eigenvalue weighted by Gasteiger charge is 2.09. The molecule has 0 saturated heterocycles. The van der Waals surface area contributed by atoms with Crippen LogP contribution in [0.4, 0.5) is 5.82 Å². The van der Waals surface area contributed by atoms with Gasteiger partial charge in [0.25, 0.3) is 0 Å². The number of nitrogens with zero attached hydrogens (tertiary/aromatic N) is 3. The SMILES string of the molecule is Cc1nnc(NCCNCC(C)O)c(C#N)c1C. The van der Waals surface area contributed by atoms with Crippen molar-refractivity contribution < 1.29 is 5.11 Å². The summed E-state index contributed by atoms with van der Waals surface area (Å²) in [6, 6.07) is 2.14. The summed E-state index contributed by atoms with van der Waals surface area (Å²) in [6.45, 7) is 7.27. The first-order chi connectivity index (χ1) is 8.56. The lowest BCUT2D eigenvalue weighted by Crippen LogP contribution is -2.29. The molecule has 0 spiro atoms. The maximum Gasteiger partial charge on any atom is 0.166 e. The molecule has 0 aliphatic rings. The van der Waals surface area contributed by atoms with E-state index in [2.05, 4.69) is 26.9 Å². The van der Waals surface area contributed by atoms with Crippen LogP contribution in [0.15, 0.2) is 0 Å². The van der Waals surface area contributed by atoms with E-state index < -0.39 is 0 Å². The Kier molecular flexibility index (Phi) is 5.49. The molecule has 18 heavy (non-hydrogen) atoms. The van der Waals surface area contributed by atoms with E-state index in [0.29, 0.717) is 31.0 Å². The van der Waals surface area contributed by atoms with Crippen molar-refractivity contribution in [3.63, 3.8) is 0 Å². The van der Waals surface area contributed by atoms with Gasteiger partial charge in [0.2, 0.25) is 0 Å². The highest BCUT2D eigenvalue weighted by atomic mass is 16.3. The van der Waals surface area contributed by atoms with Crippen LogP contribution in [-0.4, -0.2) is 41.0 Å². The summed E-state index contributed by atoms with van der Waals surface area (Å²) in [4.78, 5) is 0. The molecule has 1 unspecified atom stereocenters. The van der Waals surface area contributed by atoms with Crippen molar-refractivity contribution in [2.75, 3.05) is 25.0 Å². The van der Waals surface area contributed by atoms with Crippen molar-refractivity contribution in [1.29, 1.82) is 5.26 Å². The van der Waals surface area contributed by atoms with Gasteiger partial charge in [-0.1, -0.05) is 0 Å². The predicted octanol–water partition coefficient (Wildman–Crippen LogP) is 0.347. The summed E-state index contributed by atoms with van der Waals surface area (Å²) < 4.78 is 0. The average Bonchev–Trinajstić information content (AvgIpc) is 2.33. The summed E-state index contributed by atoms with van der Waals surface area (Å²) in [5.74, 6) is 0.513. The minimum atomic E-state index is -0.360. The number of rotatable bonds is 6. The molecule has 1 aromatic heterocycles. The lowest BCUT2D eigenvalue weighted by Gasteiger charge is -2.10. The average molecular weight is 249 g/mol. The van der Waals surface area contributed by atoms with Crippen LogP contribution in [0.1, 0.15) is 23.7 Å². The third-order valence-electron chi connectivity index (χ3n) is 2.60. The van der Waals surface area contributed by atoms with E-state index in [9.17, 15) is 0 Å².